The van der Waals surface area contributed by atoms with E-state index >= 15 is 0 Å². The summed E-state index contributed by atoms with van der Waals surface area (Å²) >= 11 is 7.66. The third-order valence-corrected chi connectivity index (χ3v) is 5.56. The van der Waals surface area contributed by atoms with Crippen LogP contribution in [0.25, 0.3) is 32.7 Å². The molecular weight excluding hydrogens is 354 g/mol. The minimum absolute atomic E-state index is 0.135. The molecule has 0 bridgehead atoms. The van der Waals surface area contributed by atoms with E-state index in [-0.39, 0.29) is 5.56 Å². The van der Waals surface area contributed by atoms with Gasteiger partial charge in [-0.2, -0.15) is 0 Å². The lowest BCUT2D eigenvalue weighted by Gasteiger charge is -2.05. The lowest BCUT2D eigenvalue weighted by atomic mass is 10.0. The van der Waals surface area contributed by atoms with Crippen LogP contribution in [0.3, 0.4) is 0 Å². The summed E-state index contributed by atoms with van der Waals surface area (Å²) in [5.74, 6) is 0.556. The van der Waals surface area contributed by atoms with Gasteiger partial charge in [-0.05, 0) is 49.2 Å². The molecule has 0 spiro atoms. The van der Waals surface area contributed by atoms with Crippen LogP contribution in [-0.4, -0.2) is 15.0 Å². The van der Waals surface area contributed by atoms with E-state index in [1.165, 1.54) is 11.3 Å². The molecule has 4 aromatic rings. The van der Waals surface area contributed by atoms with Gasteiger partial charge in [-0.25, -0.2) is 4.98 Å². The first-order chi connectivity index (χ1) is 12.0. The van der Waals surface area contributed by atoms with E-state index in [4.69, 9.17) is 11.6 Å². The number of aromatic amines is 1. The molecular formula is C19H14ClN3OS. The maximum Gasteiger partial charge on any atom is 0.260 e. The number of aromatic nitrogens is 3. The van der Waals surface area contributed by atoms with E-state index in [9.17, 15) is 4.79 Å². The van der Waals surface area contributed by atoms with Gasteiger partial charge in [0, 0.05) is 33.4 Å². The van der Waals surface area contributed by atoms with Gasteiger partial charge in [-0.15, -0.1) is 11.3 Å². The number of halogens is 1. The Morgan fingerprint density at radius 1 is 1.08 bits per heavy atom. The minimum Gasteiger partial charge on any atom is -0.306 e. The second-order valence-corrected chi connectivity index (χ2v) is 7.44. The quantitative estimate of drug-likeness (QED) is 0.543. The van der Waals surface area contributed by atoms with Crippen LogP contribution in [0.4, 0.5) is 0 Å². The van der Waals surface area contributed by atoms with Gasteiger partial charge in [0.25, 0.3) is 5.56 Å². The molecule has 0 aliphatic rings. The zero-order valence-electron chi connectivity index (χ0n) is 13.6. The summed E-state index contributed by atoms with van der Waals surface area (Å²) in [6.45, 7) is 3.97. The summed E-state index contributed by atoms with van der Waals surface area (Å²) in [6.07, 6.45) is 3.36. The molecule has 1 N–H and O–H groups in total. The number of benzene rings is 1. The Bertz CT molecular complexity index is 1150. The molecule has 25 heavy (non-hydrogen) atoms. The lowest BCUT2D eigenvalue weighted by Crippen LogP contribution is -2.09. The van der Waals surface area contributed by atoms with E-state index in [0.717, 1.165) is 32.0 Å². The Kier molecular flexibility index (Phi) is 3.90. The zero-order valence-corrected chi connectivity index (χ0v) is 15.2. The highest BCUT2D eigenvalue weighted by Gasteiger charge is 2.17. The van der Waals surface area contributed by atoms with E-state index in [1.54, 1.807) is 12.4 Å². The Labute approximate surface area is 153 Å². The molecule has 4 nitrogen and oxygen atoms in total. The van der Waals surface area contributed by atoms with E-state index < -0.39 is 0 Å². The number of thiophene rings is 1. The zero-order chi connectivity index (χ0) is 17.6. The topological polar surface area (TPSA) is 58.6 Å². The van der Waals surface area contributed by atoms with Crippen molar-refractivity contribution < 1.29 is 0 Å². The van der Waals surface area contributed by atoms with Crippen LogP contribution in [0.5, 0.6) is 0 Å². The van der Waals surface area contributed by atoms with Crippen molar-refractivity contribution in [3.63, 3.8) is 0 Å². The van der Waals surface area contributed by atoms with Crippen molar-refractivity contribution in [3.8, 4) is 22.5 Å². The number of pyridine rings is 1. The molecule has 0 unspecified atom stereocenters. The van der Waals surface area contributed by atoms with Gasteiger partial charge in [-0.1, -0.05) is 17.7 Å². The number of H-pyrrole nitrogens is 1. The number of rotatable bonds is 2. The fraction of sp³-hybridized carbons (Fsp3) is 0.105. The molecule has 3 aromatic heterocycles. The second-order valence-electron chi connectivity index (χ2n) is 5.83. The van der Waals surface area contributed by atoms with Crippen molar-refractivity contribution in [1.82, 2.24) is 15.0 Å². The smallest absolute Gasteiger partial charge is 0.260 e. The van der Waals surface area contributed by atoms with Crippen molar-refractivity contribution in [3.05, 3.63) is 68.5 Å². The molecule has 4 rings (SSSR count). The molecule has 0 radical (unpaired) electrons. The number of aryl methyl sites for hydroxylation is 2. The average Bonchev–Trinajstić information content (AvgIpc) is 2.94. The number of nitrogens with zero attached hydrogens (tertiary/aromatic N) is 2. The van der Waals surface area contributed by atoms with E-state index in [2.05, 4.69) is 15.0 Å². The SMILES string of the molecule is Cc1cc(-c2c(C)sc3nc(-c4ccncc4)[nH]c(=O)c23)ccc1Cl. The van der Waals surface area contributed by atoms with Crippen LogP contribution in [0.1, 0.15) is 10.4 Å². The fourth-order valence-electron chi connectivity index (χ4n) is 2.91. The van der Waals surface area contributed by atoms with E-state index in [0.29, 0.717) is 16.2 Å². The van der Waals surface area contributed by atoms with Gasteiger partial charge in [-0.3, -0.25) is 9.78 Å². The molecule has 0 fully saturated rings. The largest absolute Gasteiger partial charge is 0.306 e. The lowest BCUT2D eigenvalue weighted by molar-refractivity contribution is 1.18. The molecule has 1 aromatic carbocycles. The first-order valence-electron chi connectivity index (χ1n) is 7.75. The predicted molar refractivity (Wildman–Crippen MR) is 103 cm³/mol. The maximum absolute atomic E-state index is 12.8. The van der Waals surface area contributed by atoms with Crippen molar-refractivity contribution in [2.45, 2.75) is 13.8 Å². The predicted octanol–water partition coefficient (Wildman–Crippen LogP) is 4.98. The summed E-state index contributed by atoms with van der Waals surface area (Å²) < 4.78 is 0. The Hall–Kier alpha value is -2.50. The van der Waals surface area contributed by atoms with Gasteiger partial charge in [0.1, 0.15) is 10.7 Å². The van der Waals surface area contributed by atoms with Gasteiger partial charge in [0.05, 0.1) is 5.39 Å². The summed E-state index contributed by atoms with van der Waals surface area (Å²) in [5, 5.41) is 1.34. The van der Waals surface area contributed by atoms with Crippen LogP contribution in [0, 0.1) is 13.8 Å². The molecule has 0 saturated carbocycles. The fourth-order valence-corrected chi connectivity index (χ4v) is 4.08. The molecule has 0 saturated heterocycles. The maximum atomic E-state index is 12.8. The average molecular weight is 368 g/mol. The third kappa shape index (κ3) is 2.75. The van der Waals surface area contributed by atoms with E-state index in [1.807, 2.05) is 44.2 Å². The van der Waals surface area contributed by atoms with Crippen molar-refractivity contribution in [2.24, 2.45) is 0 Å². The number of hydrogen-bond donors (Lipinski definition) is 1. The van der Waals surface area contributed by atoms with Crippen LogP contribution < -0.4 is 5.56 Å². The third-order valence-electron chi connectivity index (χ3n) is 4.14. The number of nitrogens with one attached hydrogen (secondary N) is 1. The molecule has 124 valence electrons. The normalized spacial score (nSPS) is 11.2. The van der Waals surface area contributed by atoms with Crippen molar-refractivity contribution in [2.75, 3.05) is 0 Å². The monoisotopic (exact) mass is 367 g/mol. The highest BCUT2D eigenvalue weighted by molar-refractivity contribution is 7.19. The molecule has 6 heteroatoms. The van der Waals surface area contributed by atoms with Crippen LogP contribution in [0.2, 0.25) is 5.02 Å². The summed E-state index contributed by atoms with van der Waals surface area (Å²) in [7, 11) is 0. The van der Waals surface area contributed by atoms with Crippen LogP contribution >= 0.6 is 22.9 Å². The molecule has 0 amide bonds. The summed E-state index contributed by atoms with van der Waals surface area (Å²) in [4.78, 5) is 26.2. The van der Waals surface area contributed by atoms with Crippen LogP contribution in [-0.2, 0) is 0 Å². The Morgan fingerprint density at radius 3 is 2.56 bits per heavy atom. The van der Waals surface area contributed by atoms with Gasteiger partial charge < -0.3 is 4.98 Å². The molecule has 0 aliphatic heterocycles. The Morgan fingerprint density at radius 2 is 1.84 bits per heavy atom. The first kappa shape index (κ1) is 16.0. The van der Waals surface area contributed by atoms with Crippen LogP contribution in [0.15, 0.2) is 47.5 Å². The number of hydrogen-bond acceptors (Lipinski definition) is 4. The standard InChI is InChI=1S/C19H14ClN3OS/c1-10-9-13(3-4-14(10)20)15-11(2)25-19-16(15)18(24)22-17(23-19)12-5-7-21-8-6-12/h3-9H,1-2H3,(H,22,23,24). The summed E-state index contributed by atoms with van der Waals surface area (Å²) in [6, 6.07) is 9.47. The first-order valence-corrected chi connectivity index (χ1v) is 8.94. The van der Waals surface area contributed by atoms with Gasteiger partial charge >= 0.3 is 0 Å². The molecule has 3 heterocycles. The van der Waals surface area contributed by atoms with Crippen molar-refractivity contribution in [1.29, 1.82) is 0 Å². The summed E-state index contributed by atoms with van der Waals surface area (Å²) in [5.41, 5.74) is 3.59. The van der Waals surface area contributed by atoms with Gasteiger partial charge in [0.15, 0.2) is 0 Å². The minimum atomic E-state index is -0.135. The molecule has 0 aliphatic carbocycles. The highest BCUT2D eigenvalue weighted by atomic mass is 35.5. The second kappa shape index (κ2) is 6.10. The molecule has 0 atom stereocenters. The van der Waals surface area contributed by atoms with Crippen molar-refractivity contribution >= 4 is 33.2 Å². The number of fused-ring (bicyclic) bond motifs is 1. The Balaban J connectivity index is 1.97. The van der Waals surface area contributed by atoms with Gasteiger partial charge in [0.2, 0.25) is 0 Å². The highest BCUT2D eigenvalue weighted by Crippen LogP contribution is 2.37.